The highest BCUT2D eigenvalue weighted by molar-refractivity contribution is 7.16. The average Bonchev–Trinajstić information content (AvgIpc) is 3.67. The molecule has 4 nitrogen and oxygen atoms in total. The number of anilines is 3. The molecule has 0 aliphatic rings. The minimum Gasteiger partial charge on any atom is -0.293 e. The Bertz CT molecular complexity index is 1890. The number of nitrogens with zero attached hydrogens (tertiary/aromatic N) is 4. The van der Waals surface area contributed by atoms with E-state index in [2.05, 4.69) is 81.2 Å². The maximum Gasteiger partial charge on any atom is 0.279 e. The molecule has 0 spiro atoms. The van der Waals surface area contributed by atoms with Gasteiger partial charge < -0.3 is 0 Å². The van der Waals surface area contributed by atoms with E-state index in [1.54, 1.807) is 22.7 Å². The number of rotatable bonds is 4. The molecule has 0 aliphatic carbocycles. The van der Waals surface area contributed by atoms with Crippen molar-refractivity contribution in [2.24, 2.45) is 0 Å². The summed E-state index contributed by atoms with van der Waals surface area (Å²) in [6, 6.07) is 32.9. The van der Waals surface area contributed by atoms with E-state index in [1.165, 1.54) is 0 Å². The normalized spacial score (nSPS) is 11.6. The fourth-order valence-corrected chi connectivity index (χ4v) is 6.37. The van der Waals surface area contributed by atoms with Gasteiger partial charge in [-0.2, -0.15) is 5.26 Å². The van der Waals surface area contributed by atoms with Crippen LogP contribution in [0.3, 0.4) is 0 Å². The van der Waals surface area contributed by atoms with Crippen LogP contribution in [0.15, 0.2) is 101 Å². The molecule has 0 atom stereocenters. The van der Waals surface area contributed by atoms with Gasteiger partial charge in [0.1, 0.15) is 10.0 Å². The molecule has 37 heavy (non-hydrogen) atoms. The lowest BCUT2D eigenvalue weighted by Crippen LogP contribution is -2.06. The zero-order chi connectivity index (χ0) is 25.4. The molecule has 4 aromatic carbocycles. The van der Waals surface area contributed by atoms with Crippen molar-refractivity contribution in [1.29, 1.82) is 10.5 Å². The molecule has 2 heterocycles. The first-order valence-corrected chi connectivity index (χ1v) is 13.2. The standard InChI is InChI=1S/C31H16N4S2/c1-34-29(19-33)28(18-32)20-10-12-24-25-13-11-21(35(30-8-4-14-36-30)31-9-5-15-37-31)17-27(25)23-7-3-2-6-22(23)26(24)16-20/h2-17H/b29-28-. The second-order valence-corrected chi connectivity index (χ2v) is 10.2. The third-order valence-corrected chi connectivity index (χ3v) is 8.09. The lowest BCUT2D eigenvalue weighted by atomic mass is 9.91. The number of benzene rings is 4. The minimum atomic E-state index is -0.196. The van der Waals surface area contributed by atoms with Crippen molar-refractivity contribution >= 4 is 76.3 Å². The highest BCUT2D eigenvalue weighted by Gasteiger charge is 2.17. The third-order valence-electron chi connectivity index (χ3n) is 6.39. The fourth-order valence-electron chi connectivity index (χ4n) is 4.79. The summed E-state index contributed by atoms with van der Waals surface area (Å²) in [5.74, 6) is 0. The van der Waals surface area contributed by atoms with Crippen molar-refractivity contribution in [3.63, 3.8) is 0 Å². The van der Waals surface area contributed by atoms with Crippen LogP contribution >= 0.6 is 22.7 Å². The number of hydrogen-bond donors (Lipinski definition) is 0. The molecule has 0 radical (unpaired) electrons. The first-order valence-electron chi connectivity index (χ1n) is 11.4. The Balaban J connectivity index is 1.65. The summed E-state index contributed by atoms with van der Waals surface area (Å²) in [5.41, 5.74) is 1.56. The Labute approximate surface area is 221 Å². The summed E-state index contributed by atoms with van der Waals surface area (Å²) in [4.78, 5) is 5.54. The highest BCUT2D eigenvalue weighted by Crippen LogP contribution is 2.43. The molecule has 172 valence electrons. The summed E-state index contributed by atoms with van der Waals surface area (Å²) in [6.45, 7) is 7.29. The first kappa shape index (κ1) is 22.5. The molecule has 0 aliphatic heterocycles. The van der Waals surface area contributed by atoms with Gasteiger partial charge in [0.2, 0.25) is 0 Å². The average molecular weight is 509 g/mol. The first-order chi connectivity index (χ1) is 18.2. The van der Waals surface area contributed by atoms with Crippen molar-refractivity contribution < 1.29 is 0 Å². The third kappa shape index (κ3) is 3.71. The molecule has 0 saturated heterocycles. The summed E-state index contributed by atoms with van der Waals surface area (Å²) in [7, 11) is 0. The number of fused-ring (bicyclic) bond motifs is 6. The van der Waals surface area contributed by atoms with E-state index in [0.29, 0.717) is 5.56 Å². The van der Waals surface area contributed by atoms with E-state index in [1.807, 2.05) is 36.4 Å². The van der Waals surface area contributed by atoms with Crippen LogP contribution in [0.4, 0.5) is 15.7 Å². The van der Waals surface area contributed by atoms with Crippen LogP contribution in [-0.2, 0) is 0 Å². The molecule has 6 heteroatoms. The Morgan fingerprint density at radius 3 is 1.81 bits per heavy atom. The number of hydrogen-bond acceptors (Lipinski definition) is 5. The van der Waals surface area contributed by atoms with Crippen LogP contribution in [-0.4, -0.2) is 0 Å². The monoisotopic (exact) mass is 508 g/mol. The van der Waals surface area contributed by atoms with Gasteiger partial charge >= 0.3 is 0 Å². The topological polar surface area (TPSA) is 55.2 Å². The quantitative estimate of drug-likeness (QED) is 0.135. The fraction of sp³-hybridized carbons (Fsp3) is 0. The Morgan fingerprint density at radius 2 is 1.27 bits per heavy atom. The van der Waals surface area contributed by atoms with Crippen molar-refractivity contribution in [3.8, 4) is 12.1 Å². The van der Waals surface area contributed by atoms with Crippen LogP contribution < -0.4 is 4.90 Å². The van der Waals surface area contributed by atoms with E-state index in [4.69, 9.17) is 6.57 Å². The molecule has 6 rings (SSSR count). The van der Waals surface area contributed by atoms with Crippen molar-refractivity contribution in [3.05, 3.63) is 118 Å². The maximum absolute atomic E-state index is 9.70. The second kappa shape index (κ2) is 9.26. The highest BCUT2D eigenvalue weighted by atomic mass is 32.1. The molecule has 0 fully saturated rings. The van der Waals surface area contributed by atoms with Gasteiger partial charge in [0.05, 0.1) is 24.3 Å². The SMILES string of the molecule is [C-]#[N+]/C(C#N)=C(/C#N)c1ccc2c3ccc(N(c4cccs4)c4cccs4)cc3c3ccccc3c2c1. The predicted octanol–water partition coefficient (Wildman–Crippen LogP) is 9.42. The Morgan fingerprint density at radius 1 is 0.676 bits per heavy atom. The summed E-state index contributed by atoms with van der Waals surface area (Å²) in [5, 5.41) is 32.0. The smallest absolute Gasteiger partial charge is 0.279 e. The van der Waals surface area contributed by atoms with Gasteiger partial charge in [0.15, 0.2) is 0 Å². The van der Waals surface area contributed by atoms with Gasteiger partial charge in [-0.25, -0.2) is 10.1 Å². The van der Waals surface area contributed by atoms with Crippen LogP contribution in [0.1, 0.15) is 5.56 Å². The van der Waals surface area contributed by atoms with Gasteiger partial charge in [-0.05, 0) is 91.1 Å². The Hall–Kier alpha value is -4.93. The largest absolute Gasteiger partial charge is 0.293 e. The van der Waals surface area contributed by atoms with Gasteiger partial charge in [0, 0.05) is 5.69 Å². The molecule has 0 N–H and O–H groups in total. The maximum atomic E-state index is 9.70. The Kier molecular flexibility index (Phi) is 5.64. The molecule has 6 aromatic rings. The van der Waals surface area contributed by atoms with Crippen LogP contribution in [0, 0.1) is 29.2 Å². The minimum absolute atomic E-state index is 0.0986. The second-order valence-electron chi connectivity index (χ2n) is 8.33. The van der Waals surface area contributed by atoms with E-state index in [-0.39, 0.29) is 11.3 Å². The molecule has 2 aromatic heterocycles. The zero-order valence-corrected chi connectivity index (χ0v) is 21.0. The van der Waals surface area contributed by atoms with Crippen molar-refractivity contribution in [1.82, 2.24) is 0 Å². The number of allylic oxidation sites excluding steroid dienone is 2. The van der Waals surface area contributed by atoms with Gasteiger partial charge in [-0.15, -0.1) is 22.7 Å². The molecule has 0 amide bonds. The van der Waals surface area contributed by atoms with Gasteiger partial charge in [-0.3, -0.25) is 4.90 Å². The van der Waals surface area contributed by atoms with Gasteiger partial charge in [0.25, 0.3) is 5.70 Å². The van der Waals surface area contributed by atoms with E-state index < -0.39 is 0 Å². The molecule has 0 unspecified atom stereocenters. The predicted molar refractivity (Wildman–Crippen MR) is 154 cm³/mol. The summed E-state index contributed by atoms with van der Waals surface area (Å²) >= 11 is 3.41. The van der Waals surface area contributed by atoms with Crippen LogP contribution in [0.2, 0.25) is 0 Å². The van der Waals surface area contributed by atoms with Crippen LogP contribution in [0.25, 0.3) is 42.7 Å². The molecular weight excluding hydrogens is 493 g/mol. The lowest BCUT2D eigenvalue weighted by molar-refractivity contribution is 1.37. The summed E-state index contributed by atoms with van der Waals surface area (Å²) in [6.07, 6.45) is 0. The van der Waals surface area contributed by atoms with Gasteiger partial charge in [-0.1, -0.05) is 42.5 Å². The summed E-state index contributed by atoms with van der Waals surface area (Å²) < 4.78 is 0. The molecule has 0 saturated carbocycles. The lowest BCUT2D eigenvalue weighted by Gasteiger charge is -2.22. The van der Waals surface area contributed by atoms with E-state index in [9.17, 15) is 10.5 Å². The number of nitriles is 2. The van der Waals surface area contributed by atoms with E-state index in [0.717, 1.165) is 48.0 Å². The molecule has 0 bridgehead atoms. The zero-order valence-electron chi connectivity index (χ0n) is 19.3. The van der Waals surface area contributed by atoms with Crippen LogP contribution in [0.5, 0.6) is 0 Å². The number of thiophene rings is 2. The molecular formula is C31H16N4S2. The van der Waals surface area contributed by atoms with E-state index >= 15 is 0 Å². The van der Waals surface area contributed by atoms with Crippen molar-refractivity contribution in [2.75, 3.05) is 4.90 Å². The van der Waals surface area contributed by atoms with Crippen molar-refractivity contribution in [2.45, 2.75) is 0 Å².